The highest BCUT2D eigenvalue weighted by Crippen LogP contribution is 2.38. The second-order valence-corrected chi connectivity index (χ2v) is 5.09. The van der Waals surface area contributed by atoms with Crippen LogP contribution in [0.2, 0.25) is 0 Å². The molecule has 16 heavy (non-hydrogen) atoms. The van der Waals surface area contributed by atoms with Gasteiger partial charge in [-0.25, -0.2) is 0 Å². The van der Waals surface area contributed by atoms with Crippen LogP contribution >= 0.6 is 15.9 Å². The van der Waals surface area contributed by atoms with E-state index in [9.17, 15) is 4.79 Å². The summed E-state index contributed by atoms with van der Waals surface area (Å²) in [5, 5.41) is 3.84. The van der Waals surface area contributed by atoms with Crippen LogP contribution in [0.5, 0.6) is 0 Å². The largest absolute Gasteiger partial charge is 0.348 e. The van der Waals surface area contributed by atoms with Gasteiger partial charge >= 0.3 is 0 Å². The zero-order chi connectivity index (χ0) is 11.5. The van der Waals surface area contributed by atoms with Crippen molar-refractivity contribution < 1.29 is 4.79 Å². The van der Waals surface area contributed by atoms with Crippen LogP contribution in [0.15, 0.2) is 30.3 Å². The fourth-order valence-corrected chi connectivity index (χ4v) is 2.40. The lowest BCUT2D eigenvalue weighted by atomic mass is 10.1. The van der Waals surface area contributed by atoms with Crippen LogP contribution in [0.1, 0.15) is 24.9 Å². The molecule has 2 nitrogen and oxygen atoms in total. The van der Waals surface area contributed by atoms with Gasteiger partial charge in [-0.1, -0.05) is 53.2 Å². The molecule has 2 rings (SSSR count). The molecule has 0 aliphatic heterocycles. The second-order valence-electron chi connectivity index (χ2n) is 4.45. The zero-order valence-corrected chi connectivity index (χ0v) is 10.9. The van der Waals surface area contributed by atoms with E-state index in [2.05, 4.69) is 28.2 Å². The number of carbonyl (C=O) groups excluding carboxylic acids is 1. The van der Waals surface area contributed by atoms with Gasteiger partial charge in [-0.15, -0.1) is 0 Å². The molecule has 1 saturated carbocycles. The minimum atomic E-state index is 0.0847. The molecule has 0 bridgehead atoms. The summed E-state index contributed by atoms with van der Waals surface area (Å²) >= 11 is 3.45. The van der Waals surface area contributed by atoms with Gasteiger partial charge < -0.3 is 5.32 Å². The number of carbonyl (C=O) groups is 1. The van der Waals surface area contributed by atoms with Crippen molar-refractivity contribution >= 4 is 21.8 Å². The first kappa shape index (κ1) is 11.6. The summed E-state index contributed by atoms with van der Waals surface area (Å²) in [6.45, 7) is 2.12. The molecule has 86 valence electrons. The number of benzene rings is 1. The number of hydrogen-bond acceptors (Lipinski definition) is 1. The first-order chi connectivity index (χ1) is 7.72. The third-order valence-corrected chi connectivity index (χ3v) is 3.77. The maximum absolute atomic E-state index is 11.8. The van der Waals surface area contributed by atoms with Gasteiger partial charge in [-0.3, -0.25) is 4.79 Å². The molecule has 0 spiro atoms. The first-order valence-corrected chi connectivity index (χ1v) is 6.75. The van der Waals surface area contributed by atoms with Gasteiger partial charge in [0.15, 0.2) is 0 Å². The molecule has 3 atom stereocenters. The lowest BCUT2D eigenvalue weighted by Crippen LogP contribution is -2.31. The molecular weight excluding hydrogens is 266 g/mol. The van der Waals surface area contributed by atoms with Crippen LogP contribution in [0.25, 0.3) is 0 Å². The number of halogens is 1. The number of alkyl halides is 1. The number of nitrogens with one attached hydrogen (secondary N) is 1. The summed E-state index contributed by atoms with van der Waals surface area (Å²) in [6.07, 6.45) is 1.04. The highest BCUT2D eigenvalue weighted by molar-refractivity contribution is 9.09. The van der Waals surface area contributed by atoms with E-state index in [0.29, 0.717) is 5.92 Å². The van der Waals surface area contributed by atoms with Gasteiger partial charge in [-0.2, -0.15) is 0 Å². The van der Waals surface area contributed by atoms with Crippen LogP contribution in [0, 0.1) is 11.8 Å². The van der Waals surface area contributed by atoms with Crippen molar-refractivity contribution in [2.24, 2.45) is 11.8 Å². The molecule has 1 amide bonds. The summed E-state index contributed by atoms with van der Waals surface area (Å²) in [5.41, 5.74) is 1.15. The van der Waals surface area contributed by atoms with Crippen LogP contribution < -0.4 is 5.32 Å². The van der Waals surface area contributed by atoms with Gasteiger partial charge in [0.25, 0.3) is 0 Å². The highest BCUT2D eigenvalue weighted by Gasteiger charge is 2.39. The van der Waals surface area contributed by atoms with Crippen molar-refractivity contribution in [3.05, 3.63) is 35.9 Å². The van der Waals surface area contributed by atoms with E-state index in [1.807, 2.05) is 30.3 Å². The Morgan fingerprint density at radius 3 is 2.62 bits per heavy atom. The minimum Gasteiger partial charge on any atom is -0.348 e. The third-order valence-electron chi connectivity index (χ3n) is 3.12. The van der Waals surface area contributed by atoms with Crippen molar-refractivity contribution in [1.82, 2.24) is 5.32 Å². The monoisotopic (exact) mass is 281 g/mol. The molecule has 1 aromatic rings. The predicted octanol–water partition coefficient (Wildman–Crippen LogP) is 2.89. The second kappa shape index (κ2) is 5.00. The Morgan fingerprint density at radius 2 is 2.12 bits per heavy atom. The zero-order valence-electron chi connectivity index (χ0n) is 9.32. The molecule has 1 aliphatic carbocycles. The Hall–Kier alpha value is -0.830. The average Bonchev–Trinajstić information content (AvgIpc) is 3.04. The smallest absolute Gasteiger partial charge is 0.223 e. The fraction of sp³-hybridized carbons (Fsp3) is 0.462. The molecule has 0 radical (unpaired) electrons. The maximum Gasteiger partial charge on any atom is 0.223 e. The minimum absolute atomic E-state index is 0.0847. The van der Waals surface area contributed by atoms with Gasteiger partial charge in [0, 0.05) is 11.2 Å². The van der Waals surface area contributed by atoms with Crippen LogP contribution in [0.4, 0.5) is 0 Å². The lowest BCUT2D eigenvalue weighted by molar-refractivity contribution is -0.123. The van der Waals surface area contributed by atoms with Crippen LogP contribution in [-0.2, 0) is 4.79 Å². The van der Waals surface area contributed by atoms with Crippen molar-refractivity contribution in [3.63, 3.8) is 0 Å². The molecule has 1 aliphatic rings. The van der Waals surface area contributed by atoms with Crippen molar-refractivity contribution in [2.75, 3.05) is 5.33 Å². The summed E-state index contributed by atoms with van der Waals surface area (Å²) < 4.78 is 0. The van der Waals surface area contributed by atoms with E-state index in [0.717, 1.165) is 17.3 Å². The highest BCUT2D eigenvalue weighted by atomic mass is 79.9. The van der Waals surface area contributed by atoms with Gasteiger partial charge in [0.2, 0.25) is 5.91 Å². The number of rotatable bonds is 4. The van der Waals surface area contributed by atoms with Crippen molar-refractivity contribution in [1.29, 1.82) is 0 Å². The maximum atomic E-state index is 11.8. The Bertz CT molecular complexity index is 365. The molecular formula is C13H16BrNO. The average molecular weight is 282 g/mol. The van der Waals surface area contributed by atoms with Crippen molar-refractivity contribution in [2.45, 2.75) is 19.4 Å². The Labute approximate surface area is 105 Å². The number of amides is 1. The third kappa shape index (κ3) is 2.64. The van der Waals surface area contributed by atoms with E-state index >= 15 is 0 Å². The van der Waals surface area contributed by atoms with E-state index < -0.39 is 0 Å². The Balaban J connectivity index is 1.98. The van der Waals surface area contributed by atoms with E-state index in [1.54, 1.807) is 0 Å². The molecule has 1 fully saturated rings. The van der Waals surface area contributed by atoms with Crippen LogP contribution in [0.3, 0.4) is 0 Å². The molecule has 0 saturated heterocycles. The normalized spacial score (nSPS) is 24.9. The van der Waals surface area contributed by atoms with Crippen LogP contribution in [-0.4, -0.2) is 11.2 Å². The molecule has 0 aromatic heterocycles. The SMILES string of the molecule is CC1CC1C(=O)NC(CBr)c1ccccc1. The summed E-state index contributed by atoms with van der Waals surface area (Å²) in [6, 6.07) is 10.2. The Kier molecular flexibility index (Phi) is 3.64. The van der Waals surface area contributed by atoms with Crippen molar-refractivity contribution in [3.8, 4) is 0 Å². The topological polar surface area (TPSA) is 29.1 Å². The number of hydrogen-bond donors (Lipinski definition) is 1. The van der Waals surface area contributed by atoms with Gasteiger partial charge in [0.05, 0.1) is 6.04 Å². The summed E-state index contributed by atoms with van der Waals surface area (Å²) in [4.78, 5) is 11.8. The van der Waals surface area contributed by atoms with Gasteiger partial charge in [-0.05, 0) is 17.9 Å². The fourth-order valence-electron chi connectivity index (χ4n) is 1.86. The predicted molar refractivity (Wildman–Crippen MR) is 68.4 cm³/mol. The molecule has 0 heterocycles. The summed E-state index contributed by atoms with van der Waals surface area (Å²) in [5.74, 6) is 0.998. The van der Waals surface area contributed by atoms with Gasteiger partial charge in [0.1, 0.15) is 0 Å². The molecule has 1 N–H and O–H groups in total. The Morgan fingerprint density at radius 1 is 1.50 bits per heavy atom. The quantitative estimate of drug-likeness (QED) is 0.845. The first-order valence-electron chi connectivity index (χ1n) is 5.63. The lowest BCUT2D eigenvalue weighted by Gasteiger charge is -2.16. The van der Waals surface area contributed by atoms with E-state index in [4.69, 9.17) is 0 Å². The van der Waals surface area contributed by atoms with E-state index in [1.165, 1.54) is 0 Å². The molecule has 3 heteroatoms. The summed E-state index contributed by atoms with van der Waals surface area (Å²) in [7, 11) is 0. The molecule has 3 unspecified atom stereocenters. The standard InChI is InChI=1S/C13H16BrNO/c1-9-7-11(9)13(16)15-12(8-14)10-5-3-2-4-6-10/h2-6,9,11-12H,7-8H2,1H3,(H,15,16). The molecule has 1 aromatic carbocycles. The van der Waals surface area contributed by atoms with E-state index in [-0.39, 0.29) is 17.9 Å².